The minimum Gasteiger partial charge on any atom is -0.484 e. The highest BCUT2D eigenvalue weighted by Crippen LogP contribution is 2.29. The molecule has 0 atom stereocenters. The van der Waals surface area contributed by atoms with Crippen molar-refractivity contribution in [2.45, 2.75) is 24.6 Å². The zero-order valence-electron chi connectivity index (χ0n) is 13.8. The maximum Gasteiger partial charge on any atom is 0.336 e. The molecule has 0 bridgehead atoms. The van der Waals surface area contributed by atoms with E-state index in [0.29, 0.717) is 45.8 Å². The van der Waals surface area contributed by atoms with Crippen LogP contribution in [0.25, 0.3) is 0 Å². The normalized spacial score (nSPS) is 16.3. The number of nitrogens with zero attached hydrogens (tertiary/aromatic N) is 4. The molecule has 1 aromatic heterocycles. The van der Waals surface area contributed by atoms with Crippen LogP contribution >= 0.6 is 35.0 Å². The predicted molar refractivity (Wildman–Crippen MR) is 101 cm³/mol. The van der Waals surface area contributed by atoms with Crippen LogP contribution in [0.2, 0.25) is 10.0 Å². The predicted octanol–water partition coefficient (Wildman–Crippen LogP) is 3.33. The van der Waals surface area contributed by atoms with Crippen LogP contribution in [-0.4, -0.2) is 39.7 Å². The molecule has 0 unspecified atom stereocenters. The van der Waals surface area contributed by atoms with Gasteiger partial charge < -0.3 is 10.1 Å². The molecule has 0 saturated heterocycles. The fourth-order valence-electron chi connectivity index (χ4n) is 2.61. The van der Waals surface area contributed by atoms with Gasteiger partial charge in [0.2, 0.25) is 5.16 Å². The van der Waals surface area contributed by atoms with E-state index in [1.54, 1.807) is 39.6 Å². The molecule has 4 rings (SSSR count). The fraction of sp³-hybridized carbons (Fsp3) is 0.438. The molecule has 1 fully saturated rings. The molecule has 26 heavy (non-hydrogen) atoms. The number of nitrogens with one attached hydrogen (secondary N) is 1. The van der Waals surface area contributed by atoms with Crippen LogP contribution in [0.1, 0.15) is 18.7 Å². The van der Waals surface area contributed by atoms with Crippen molar-refractivity contribution in [3.8, 4) is 5.75 Å². The number of amides is 2. The zero-order valence-corrected chi connectivity index (χ0v) is 16.1. The van der Waals surface area contributed by atoms with Crippen molar-refractivity contribution in [2.24, 2.45) is 5.92 Å². The molecule has 1 saturated carbocycles. The Balaban J connectivity index is 1.49. The first-order chi connectivity index (χ1) is 12.6. The van der Waals surface area contributed by atoms with Gasteiger partial charge >= 0.3 is 6.03 Å². The first-order valence-electron chi connectivity index (χ1n) is 8.32. The van der Waals surface area contributed by atoms with E-state index in [0.717, 1.165) is 5.75 Å². The lowest BCUT2D eigenvalue weighted by Gasteiger charge is -2.29. The van der Waals surface area contributed by atoms with Crippen LogP contribution < -0.4 is 15.1 Å². The average molecular weight is 414 g/mol. The number of fused-ring (bicyclic) bond motifs is 1. The van der Waals surface area contributed by atoms with Crippen molar-refractivity contribution < 1.29 is 9.53 Å². The van der Waals surface area contributed by atoms with E-state index in [1.165, 1.54) is 12.8 Å². The second-order valence-corrected chi connectivity index (χ2v) is 8.08. The number of hydrogen-bond donors (Lipinski definition) is 1. The molecule has 0 radical (unpaired) electrons. The molecule has 2 aromatic rings. The van der Waals surface area contributed by atoms with Gasteiger partial charge in [0, 0.05) is 17.3 Å². The van der Waals surface area contributed by atoms with Crippen LogP contribution in [0.3, 0.4) is 0 Å². The van der Waals surface area contributed by atoms with Crippen molar-refractivity contribution in [2.75, 3.05) is 23.9 Å². The van der Waals surface area contributed by atoms with Gasteiger partial charge in [-0.05, 0) is 37.0 Å². The Labute approximate surface area is 165 Å². The third-order valence-corrected chi connectivity index (χ3v) is 5.61. The summed E-state index contributed by atoms with van der Waals surface area (Å²) in [4.78, 5) is 12.6. The minimum atomic E-state index is -0.135. The summed E-state index contributed by atoms with van der Waals surface area (Å²) in [6, 6.07) is 4.89. The van der Waals surface area contributed by atoms with E-state index in [9.17, 15) is 4.79 Å². The highest BCUT2D eigenvalue weighted by molar-refractivity contribution is 7.99. The number of hydrogen-bond acceptors (Lipinski definition) is 5. The molecule has 2 aliphatic rings. The maximum absolute atomic E-state index is 12.6. The molecule has 1 N–H and O–H groups in total. The Kier molecular flexibility index (Phi) is 5.15. The monoisotopic (exact) mass is 413 g/mol. The van der Waals surface area contributed by atoms with Crippen molar-refractivity contribution in [1.82, 2.24) is 20.2 Å². The summed E-state index contributed by atoms with van der Waals surface area (Å²) in [6.07, 6.45) is 2.38. The Morgan fingerprint density at radius 3 is 2.96 bits per heavy atom. The van der Waals surface area contributed by atoms with Gasteiger partial charge in [-0.15, -0.1) is 10.2 Å². The first kappa shape index (κ1) is 17.8. The van der Waals surface area contributed by atoms with Gasteiger partial charge in [-0.1, -0.05) is 35.0 Å². The Bertz CT molecular complexity index is 827. The smallest absolute Gasteiger partial charge is 0.336 e. The quantitative estimate of drug-likeness (QED) is 0.813. The zero-order chi connectivity index (χ0) is 18.1. The third-order valence-electron chi connectivity index (χ3n) is 4.18. The van der Waals surface area contributed by atoms with Gasteiger partial charge in [0.1, 0.15) is 12.4 Å². The topological polar surface area (TPSA) is 72.3 Å². The van der Waals surface area contributed by atoms with Crippen LogP contribution in [0.5, 0.6) is 5.75 Å². The standard InChI is InChI=1S/C16H17Cl2N5O2S/c17-11-3-4-13(12(18)7-11)25-9-14-20-21-16-23(14)22(5-6-26-16)15(24)19-8-10-1-2-10/h3-4,7,10H,1-2,5-6,8-9H2,(H,19,24). The van der Waals surface area contributed by atoms with E-state index < -0.39 is 0 Å². The van der Waals surface area contributed by atoms with Crippen LogP contribution in [0, 0.1) is 5.92 Å². The minimum absolute atomic E-state index is 0.135. The van der Waals surface area contributed by atoms with E-state index in [4.69, 9.17) is 27.9 Å². The highest BCUT2D eigenvalue weighted by Gasteiger charge is 2.29. The lowest BCUT2D eigenvalue weighted by Crippen LogP contribution is -2.51. The van der Waals surface area contributed by atoms with Gasteiger partial charge in [-0.3, -0.25) is 0 Å². The van der Waals surface area contributed by atoms with Gasteiger partial charge in [0.25, 0.3) is 0 Å². The van der Waals surface area contributed by atoms with Crippen LogP contribution in [0.15, 0.2) is 23.4 Å². The molecular formula is C16H17Cl2N5O2S. The molecule has 138 valence electrons. The van der Waals surface area contributed by atoms with Crippen molar-refractivity contribution in [3.63, 3.8) is 0 Å². The molecule has 0 spiro atoms. The molecule has 1 aliphatic carbocycles. The summed E-state index contributed by atoms with van der Waals surface area (Å²) in [6.45, 7) is 1.44. The largest absolute Gasteiger partial charge is 0.484 e. The summed E-state index contributed by atoms with van der Waals surface area (Å²) >= 11 is 13.6. The van der Waals surface area contributed by atoms with Crippen LogP contribution in [0.4, 0.5) is 4.79 Å². The van der Waals surface area contributed by atoms with E-state index in [1.807, 2.05) is 0 Å². The summed E-state index contributed by atoms with van der Waals surface area (Å²) < 4.78 is 7.48. The maximum atomic E-state index is 12.6. The number of aromatic nitrogens is 3. The van der Waals surface area contributed by atoms with Crippen molar-refractivity contribution in [3.05, 3.63) is 34.1 Å². The number of rotatable bonds is 5. The van der Waals surface area contributed by atoms with Crippen molar-refractivity contribution >= 4 is 41.0 Å². The lowest BCUT2D eigenvalue weighted by atomic mass is 10.3. The first-order valence-corrected chi connectivity index (χ1v) is 10.1. The van der Waals surface area contributed by atoms with Gasteiger partial charge in [-0.25, -0.2) is 14.5 Å². The van der Waals surface area contributed by atoms with Crippen molar-refractivity contribution in [1.29, 1.82) is 0 Å². The fourth-order valence-corrected chi connectivity index (χ4v) is 3.95. The third kappa shape index (κ3) is 3.87. The molecular weight excluding hydrogens is 397 g/mol. The summed E-state index contributed by atoms with van der Waals surface area (Å²) in [7, 11) is 0. The van der Waals surface area contributed by atoms with E-state index in [2.05, 4.69) is 15.5 Å². The number of halogens is 2. The van der Waals surface area contributed by atoms with E-state index >= 15 is 0 Å². The number of urea groups is 1. The molecule has 2 heterocycles. The van der Waals surface area contributed by atoms with Crippen LogP contribution in [-0.2, 0) is 6.61 Å². The molecule has 10 heteroatoms. The number of ether oxygens (including phenoxy) is 1. The van der Waals surface area contributed by atoms with Gasteiger partial charge in [0.05, 0.1) is 11.6 Å². The number of carbonyl (C=O) groups excluding carboxylic acids is 1. The molecule has 1 aliphatic heterocycles. The van der Waals surface area contributed by atoms with E-state index in [-0.39, 0.29) is 12.6 Å². The second-order valence-electron chi connectivity index (χ2n) is 6.18. The number of carbonyl (C=O) groups is 1. The summed E-state index contributed by atoms with van der Waals surface area (Å²) in [5.41, 5.74) is 0. The summed E-state index contributed by atoms with van der Waals surface area (Å²) in [5, 5.41) is 14.6. The number of thioether (sulfide) groups is 1. The SMILES string of the molecule is O=C(NCC1CC1)N1CCSc2nnc(COc3ccc(Cl)cc3Cl)n21. The molecule has 1 aromatic carbocycles. The Hall–Kier alpha value is -1.64. The molecule has 2 amide bonds. The summed E-state index contributed by atoms with van der Waals surface area (Å²) in [5.74, 6) is 2.44. The Morgan fingerprint density at radius 2 is 2.19 bits per heavy atom. The average Bonchev–Trinajstić information content (AvgIpc) is 3.37. The lowest BCUT2D eigenvalue weighted by molar-refractivity contribution is 0.236. The molecule has 7 nitrogen and oxygen atoms in total. The van der Waals surface area contributed by atoms with Gasteiger partial charge in [-0.2, -0.15) is 0 Å². The second kappa shape index (κ2) is 7.54. The van der Waals surface area contributed by atoms with Gasteiger partial charge in [0.15, 0.2) is 5.82 Å². The highest BCUT2D eigenvalue weighted by atomic mass is 35.5. The number of benzene rings is 1. The Morgan fingerprint density at radius 1 is 1.35 bits per heavy atom.